The third kappa shape index (κ3) is 4.38. The van der Waals surface area contributed by atoms with Crippen LogP contribution in [0.15, 0.2) is 12.3 Å². The van der Waals surface area contributed by atoms with Crippen molar-refractivity contribution in [3.05, 3.63) is 12.3 Å². The lowest BCUT2D eigenvalue weighted by Crippen LogP contribution is -2.40. The van der Waals surface area contributed by atoms with Crippen molar-refractivity contribution in [3.8, 4) is 0 Å². The average Bonchev–Trinajstić information content (AvgIpc) is 1.87. The third-order valence-electron chi connectivity index (χ3n) is 1.99. The average molecular weight is 171 g/mol. The highest BCUT2D eigenvalue weighted by Gasteiger charge is 2.22. The second-order valence-electron chi connectivity index (χ2n) is 3.85. The minimum absolute atomic E-state index is 1.10. The summed E-state index contributed by atoms with van der Waals surface area (Å²) in [4.78, 5) is 2.28. The van der Waals surface area contributed by atoms with E-state index in [-0.39, 0.29) is 0 Å². The molecule has 0 saturated carbocycles. The molecule has 1 unspecified atom stereocenters. The van der Waals surface area contributed by atoms with E-state index < -0.39 is 8.07 Å². The fourth-order valence-electron chi connectivity index (χ4n) is 1.54. The van der Waals surface area contributed by atoms with Gasteiger partial charge in [-0.3, -0.25) is 0 Å². The van der Waals surface area contributed by atoms with Crippen molar-refractivity contribution in [2.24, 2.45) is 0 Å². The maximum Gasteiger partial charge on any atom is 0.0884 e. The molecule has 1 atom stereocenters. The highest BCUT2D eigenvalue weighted by molar-refractivity contribution is 6.83. The molecule has 0 radical (unpaired) electrons. The Morgan fingerprint density at radius 3 is 2.27 bits per heavy atom. The van der Waals surface area contributed by atoms with Crippen molar-refractivity contribution in [1.82, 2.24) is 4.90 Å². The molecule has 0 N–H and O–H groups in total. The second-order valence-corrected chi connectivity index (χ2v) is 8.38. The number of hydrogen-bond donors (Lipinski definition) is 0. The zero-order valence-corrected chi connectivity index (χ0v) is 9.35. The van der Waals surface area contributed by atoms with Gasteiger partial charge in [-0.05, 0) is 20.3 Å². The van der Waals surface area contributed by atoms with Crippen LogP contribution in [0.4, 0.5) is 0 Å². The summed E-state index contributed by atoms with van der Waals surface area (Å²) >= 11 is 0. The van der Waals surface area contributed by atoms with Crippen molar-refractivity contribution in [3.63, 3.8) is 0 Å². The van der Waals surface area contributed by atoms with Gasteiger partial charge in [0.05, 0.1) is 8.07 Å². The lowest BCUT2D eigenvalue weighted by atomic mass is 10.6. The van der Waals surface area contributed by atoms with Crippen LogP contribution in [0, 0.1) is 0 Å². The van der Waals surface area contributed by atoms with Crippen molar-refractivity contribution in [2.45, 2.75) is 25.9 Å². The van der Waals surface area contributed by atoms with Gasteiger partial charge in [-0.15, -0.1) is 12.3 Å². The molecule has 0 aliphatic rings. The van der Waals surface area contributed by atoms with E-state index in [1.54, 1.807) is 0 Å². The monoisotopic (exact) mass is 171 g/mol. The molecule has 0 aliphatic heterocycles. The van der Waals surface area contributed by atoms with E-state index in [0.717, 1.165) is 0 Å². The van der Waals surface area contributed by atoms with Crippen molar-refractivity contribution >= 4 is 8.07 Å². The molecule has 0 aromatic rings. The van der Waals surface area contributed by atoms with Crippen LogP contribution in [0.2, 0.25) is 12.6 Å². The van der Waals surface area contributed by atoms with E-state index in [1.807, 2.05) is 0 Å². The largest absolute Gasteiger partial charge is 0.312 e. The Morgan fingerprint density at radius 2 is 2.00 bits per heavy atom. The minimum Gasteiger partial charge on any atom is -0.312 e. The zero-order valence-electron chi connectivity index (χ0n) is 8.35. The van der Waals surface area contributed by atoms with Crippen LogP contribution in [0.1, 0.15) is 13.3 Å². The van der Waals surface area contributed by atoms with Gasteiger partial charge in [-0.2, -0.15) is 0 Å². The van der Waals surface area contributed by atoms with Crippen LogP contribution in [0.3, 0.4) is 0 Å². The van der Waals surface area contributed by atoms with Gasteiger partial charge in [-0.1, -0.05) is 25.9 Å². The summed E-state index contributed by atoms with van der Waals surface area (Å²) in [5, 5.41) is 0. The van der Waals surface area contributed by atoms with E-state index in [0.29, 0.717) is 0 Å². The van der Waals surface area contributed by atoms with Crippen molar-refractivity contribution in [2.75, 3.05) is 20.3 Å². The molecule has 0 aromatic heterocycles. The molecule has 0 saturated heterocycles. The van der Waals surface area contributed by atoms with Crippen LogP contribution < -0.4 is 0 Å². The van der Waals surface area contributed by atoms with Crippen molar-refractivity contribution in [1.29, 1.82) is 0 Å². The van der Waals surface area contributed by atoms with Gasteiger partial charge in [0.2, 0.25) is 0 Å². The Bertz CT molecular complexity index is 123. The van der Waals surface area contributed by atoms with E-state index in [4.69, 9.17) is 0 Å². The Balaban J connectivity index is 3.98. The molecule has 0 rings (SSSR count). The van der Waals surface area contributed by atoms with Crippen molar-refractivity contribution < 1.29 is 0 Å². The molecule has 0 aromatic carbocycles. The van der Waals surface area contributed by atoms with Crippen LogP contribution >= 0.6 is 0 Å². The topological polar surface area (TPSA) is 3.24 Å². The second kappa shape index (κ2) is 4.73. The quantitative estimate of drug-likeness (QED) is 0.574. The summed E-state index contributed by atoms with van der Waals surface area (Å²) in [6.07, 6.45) is 2.53. The molecule has 0 aliphatic carbocycles. The lowest BCUT2D eigenvalue weighted by Gasteiger charge is -2.26. The van der Waals surface area contributed by atoms with E-state index >= 15 is 0 Å². The van der Waals surface area contributed by atoms with Crippen LogP contribution in [-0.4, -0.2) is 33.2 Å². The Hall–Kier alpha value is -0.0831. The van der Waals surface area contributed by atoms with Crippen LogP contribution in [-0.2, 0) is 0 Å². The summed E-state index contributed by atoms with van der Waals surface area (Å²) in [5.41, 5.74) is 2.22. The molecule has 0 amide bonds. The zero-order chi connectivity index (χ0) is 8.91. The number of nitrogens with zero attached hydrogens (tertiary/aromatic N) is 1. The fourth-order valence-corrected chi connectivity index (χ4v) is 4.62. The van der Waals surface area contributed by atoms with Gasteiger partial charge < -0.3 is 4.90 Å². The van der Waals surface area contributed by atoms with Crippen LogP contribution in [0.5, 0.6) is 0 Å². The normalized spacial score (nSPS) is 16.5. The SMILES string of the molecule is C=C[Si](C)(CCC)CN(C)C. The highest BCUT2D eigenvalue weighted by atomic mass is 28.3. The molecular weight excluding hydrogens is 150 g/mol. The molecule has 0 bridgehead atoms. The predicted octanol–water partition coefficient (Wildman–Crippen LogP) is 2.30. The maximum atomic E-state index is 3.94. The molecule has 0 spiro atoms. The highest BCUT2D eigenvalue weighted by Crippen LogP contribution is 2.13. The summed E-state index contributed by atoms with van der Waals surface area (Å²) in [6.45, 7) is 8.60. The summed E-state index contributed by atoms with van der Waals surface area (Å²) in [5.74, 6) is 0. The standard InChI is InChI=1S/C9H21NSi/c1-6-8-11(5,7-2)9-10(3)4/h7H,2,6,8-9H2,1,3-5H3. The predicted molar refractivity (Wildman–Crippen MR) is 55.5 cm³/mol. The molecule has 1 nitrogen and oxygen atoms in total. The molecule has 2 heteroatoms. The molecular formula is C9H21NSi. The molecule has 11 heavy (non-hydrogen) atoms. The molecule has 0 heterocycles. The third-order valence-corrected chi connectivity index (χ3v) is 5.97. The lowest BCUT2D eigenvalue weighted by molar-refractivity contribution is 0.470. The molecule has 0 fully saturated rings. The Kier molecular flexibility index (Phi) is 4.69. The van der Waals surface area contributed by atoms with Gasteiger partial charge >= 0.3 is 0 Å². The summed E-state index contributed by atoms with van der Waals surface area (Å²) in [6, 6.07) is 1.37. The fraction of sp³-hybridized carbons (Fsp3) is 0.778. The van der Waals surface area contributed by atoms with Crippen LogP contribution in [0.25, 0.3) is 0 Å². The van der Waals surface area contributed by atoms with E-state index in [9.17, 15) is 0 Å². The smallest absolute Gasteiger partial charge is 0.0884 e. The van der Waals surface area contributed by atoms with Gasteiger partial charge in [0.25, 0.3) is 0 Å². The first-order valence-electron chi connectivity index (χ1n) is 4.32. The summed E-state index contributed by atoms with van der Waals surface area (Å²) < 4.78 is 0. The first-order chi connectivity index (χ1) is 5.04. The Morgan fingerprint density at radius 1 is 1.45 bits per heavy atom. The van der Waals surface area contributed by atoms with Gasteiger partial charge in [0.15, 0.2) is 0 Å². The first kappa shape index (κ1) is 10.9. The van der Waals surface area contributed by atoms with E-state index in [1.165, 1.54) is 18.6 Å². The number of hydrogen-bond acceptors (Lipinski definition) is 1. The first-order valence-corrected chi connectivity index (χ1v) is 7.31. The molecule has 66 valence electrons. The summed E-state index contributed by atoms with van der Waals surface area (Å²) in [7, 11) is 3.19. The minimum atomic E-state index is -1.10. The number of rotatable bonds is 5. The van der Waals surface area contributed by atoms with Gasteiger partial charge in [0, 0.05) is 0 Å². The van der Waals surface area contributed by atoms with E-state index in [2.05, 4.69) is 44.7 Å². The Labute approximate surface area is 72.1 Å². The van der Waals surface area contributed by atoms with Gasteiger partial charge in [-0.25, -0.2) is 0 Å². The maximum absolute atomic E-state index is 3.94. The van der Waals surface area contributed by atoms with Gasteiger partial charge in [0.1, 0.15) is 0 Å².